The van der Waals surface area contributed by atoms with Crippen molar-refractivity contribution in [1.82, 2.24) is 14.4 Å². The number of anilines is 1. The van der Waals surface area contributed by atoms with E-state index in [1.807, 2.05) is 24.3 Å². The molecular weight excluding hydrogens is 352 g/mol. The number of hydrogen-bond donors (Lipinski definition) is 1. The lowest BCUT2D eigenvalue weighted by atomic mass is 10.2. The highest BCUT2D eigenvalue weighted by Crippen LogP contribution is 2.26. The Bertz CT molecular complexity index is 809. The number of piperazine rings is 1. The number of nitrogens with zero attached hydrogens (tertiary/aromatic N) is 3. The highest BCUT2D eigenvalue weighted by molar-refractivity contribution is 7.89. The average molecular weight is 371 g/mol. The van der Waals surface area contributed by atoms with Gasteiger partial charge in [-0.1, -0.05) is 35.0 Å². The first-order valence-corrected chi connectivity index (χ1v) is 9.39. The highest BCUT2D eigenvalue weighted by atomic mass is 35.5. The fourth-order valence-corrected chi connectivity index (χ4v) is 4.62. The molecule has 0 radical (unpaired) electrons. The number of aryl methyl sites for hydroxylation is 1. The van der Waals surface area contributed by atoms with E-state index in [9.17, 15) is 8.42 Å². The quantitative estimate of drug-likeness (QED) is 0.880. The first-order valence-electron chi connectivity index (χ1n) is 7.57. The van der Waals surface area contributed by atoms with Crippen LogP contribution in [0, 0.1) is 6.92 Å². The minimum Gasteiger partial charge on any atom is -0.380 e. The van der Waals surface area contributed by atoms with Crippen LogP contribution < -0.4 is 5.73 Å². The van der Waals surface area contributed by atoms with Crippen LogP contribution in [0.2, 0.25) is 5.02 Å². The fraction of sp³-hybridized carbons (Fsp3) is 0.400. The number of nitrogen functional groups attached to an aromatic ring is 1. The third-order valence-corrected chi connectivity index (χ3v) is 6.54. The van der Waals surface area contributed by atoms with Crippen molar-refractivity contribution in [2.24, 2.45) is 0 Å². The van der Waals surface area contributed by atoms with Gasteiger partial charge in [-0.15, -0.1) is 0 Å². The number of nitrogens with two attached hydrogens (primary N) is 1. The Balaban J connectivity index is 1.68. The van der Waals surface area contributed by atoms with Gasteiger partial charge in [-0.2, -0.15) is 4.31 Å². The Hall–Kier alpha value is -1.61. The van der Waals surface area contributed by atoms with E-state index in [1.165, 1.54) is 4.31 Å². The van der Waals surface area contributed by atoms with Crippen LogP contribution in [-0.4, -0.2) is 49.0 Å². The Kier molecular flexibility index (Phi) is 4.82. The predicted molar refractivity (Wildman–Crippen MR) is 91.1 cm³/mol. The molecule has 3 rings (SSSR count). The van der Waals surface area contributed by atoms with Crippen molar-refractivity contribution < 1.29 is 12.9 Å². The molecule has 1 saturated heterocycles. The van der Waals surface area contributed by atoms with E-state index in [0.717, 1.165) is 10.6 Å². The lowest BCUT2D eigenvalue weighted by Crippen LogP contribution is -2.48. The predicted octanol–water partition coefficient (Wildman–Crippen LogP) is 1.73. The summed E-state index contributed by atoms with van der Waals surface area (Å²) in [5.74, 6) is 0.122. The van der Waals surface area contributed by atoms with Crippen LogP contribution in [0.1, 0.15) is 11.3 Å². The minimum atomic E-state index is -3.69. The molecule has 1 aliphatic heterocycles. The largest absolute Gasteiger partial charge is 0.380 e. The zero-order valence-electron chi connectivity index (χ0n) is 13.3. The molecule has 2 heterocycles. The molecule has 130 valence electrons. The fourth-order valence-electron chi connectivity index (χ4n) is 2.82. The summed E-state index contributed by atoms with van der Waals surface area (Å²) in [6, 6.07) is 7.67. The highest BCUT2D eigenvalue weighted by Gasteiger charge is 2.33. The molecule has 9 heteroatoms. The van der Waals surface area contributed by atoms with E-state index < -0.39 is 10.0 Å². The zero-order chi connectivity index (χ0) is 17.3. The number of sulfonamides is 1. The monoisotopic (exact) mass is 370 g/mol. The second kappa shape index (κ2) is 6.72. The SMILES string of the molecule is Cc1onc(N)c1S(=O)(=O)N1CCN(Cc2ccccc2Cl)CC1. The van der Waals surface area contributed by atoms with Crippen molar-refractivity contribution in [3.05, 3.63) is 40.6 Å². The summed E-state index contributed by atoms with van der Waals surface area (Å²) < 4.78 is 31.7. The van der Waals surface area contributed by atoms with Gasteiger partial charge < -0.3 is 10.3 Å². The molecule has 0 saturated carbocycles. The first kappa shape index (κ1) is 17.2. The van der Waals surface area contributed by atoms with Gasteiger partial charge in [-0.3, -0.25) is 4.90 Å². The van der Waals surface area contributed by atoms with Gasteiger partial charge in [0.15, 0.2) is 16.5 Å². The van der Waals surface area contributed by atoms with Gasteiger partial charge in [-0.25, -0.2) is 8.42 Å². The second-order valence-corrected chi connectivity index (χ2v) is 8.01. The molecule has 2 N–H and O–H groups in total. The molecule has 1 aromatic heterocycles. The summed E-state index contributed by atoms with van der Waals surface area (Å²) in [6.45, 7) is 4.25. The number of rotatable bonds is 4. The third kappa shape index (κ3) is 3.27. The lowest BCUT2D eigenvalue weighted by Gasteiger charge is -2.33. The van der Waals surface area contributed by atoms with Gasteiger partial charge in [-0.05, 0) is 18.6 Å². The number of halogens is 1. The van der Waals surface area contributed by atoms with Crippen molar-refractivity contribution in [2.45, 2.75) is 18.4 Å². The minimum absolute atomic E-state index is 0.0259. The molecule has 0 amide bonds. The molecule has 0 spiro atoms. The van der Waals surface area contributed by atoms with Crippen molar-refractivity contribution >= 4 is 27.4 Å². The molecule has 1 fully saturated rings. The van der Waals surface area contributed by atoms with Gasteiger partial charge >= 0.3 is 0 Å². The molecule has 1 aromatic carbocycles. The first-order chi connectivity index (χ1) is 11.4. The summed E-state index contributed by atoms with van der Waals surface area (Å²) in [4.78, 5) is 2.15. The molecular formula is C15H19ClN4O3S. The normalized spacial score (nSPS) is 17.2. The van der Waals surface area contributed by atoms with E-state index >= 15 is 0 Å². The molecule has 0 unspecified atom stereocenters. The number of hydrogen-bond acceptors (Lipinski definition) is 6. The average Bonchev–Trinajstić information content (AvgIpc) is 2.89. The van der Waals surface area contributed by atoms with Crippen LogP contribution in [0.25, 0.3) is 0 Å². The van der Waals surface area contributed by atoms with Gasteiger partial charge in [0, 0.05) is 37.7 Å². The summed E-state index contributed by atoms with van der Waals surface area (Å²) in [7, 11) is -3.69. The molecule has 24 heavy (non-hydrogen) atoms. The summed E-state index contributed by atoms with van der Waals surface area (Å²) >= 11 is 6.18. The molecule has 0 bridgehead atoms. The summed E-state index contributed by atoms with van der Waals surface area (Å²) in [5.41, 5.74) is 6.68. The number of benzene rings is 1. The molecule has 2 aromatic rings. The van der Waals surface area contributed by atoms with E-state index in [2.05, 4.69) is 10.1 Å². The van der Waals surface area contributed by atoms with Crippen LogP contribution in [-0.2, 0) is 16.6 Å². The van der Waals surface area contributed by atoms with Crippen molar-refractivity contribution in [1.29, 1.82) is 0 Å². The van der Waals surface area contributed by atoms with E-state index in [0.29, 0.717) is 32.7 Å². The number of aromatic nitrogens is 1. The van der Waals surface area contributed by atoms with Crippen LogP contribution in [0.15, 0.2) is 33.7 Å². The zero-order valence-corrected chi connectivity index (χ0v) is 14.8. The van der Waals surface area contributed by atoms with Crippen LogP contribution in [0.4, 0.5) is 5.82 Å². The van der Waals surface area contributed by atoms with E-state index in [4.69, 9.17) is 21.9 Å². The summed E-state index contributed by atoms with van der Waals surface area (Å²) in [6.07, 6.45) is 0. The topological polar surface area (TPSA) is 92.7 Å². The molecule has 0 atom stereocenters. The molecule has 1 aliphatic rings. The van der Waals surface area contributed by atoms with Gasteiger partial charge in [0.2, 0.25) is 10.0 Å². The maximum absolute atomic E-state index is 12.7. The molecule has 0 aliphatic carbocycles. The third-order valence-electron chi connectivity index (χ3n) is 4.11. The van der Waals surface area contributed by atoms with Gasteiger partial charge in [0.05, 0.1) is 0 Å². The maximum atomic E-state index is 12.7. The smallest absolute Gasteiger partial charge is 0.250 e. The Labute approximate surface area is 146 Å². The maximum Gasteiger partial charge on any atom is 0.250 e. The van der Waals surface area contributed by atoms with Crippen molar-refractivity contribution in [3.63, 3.8) is 0 Å². The second-order valence-electron chi connectivity index (χ2n) is 5.72. The van der Waals surface area contributed by atoms with Crippen molar-refractivity contribution in [2.75, 3.05) is 31.9 Å². The summed E-state index contributed by atoms with van der Waals surface area (Å²) in [5, 5.41) is 4.25. The van der Waals surface area contributed by atoms with E-state index in [1.54, 1.807) is 6.92 Å². The Morgan fingerprint density at radius 1 is 1.25 bits per heavy atom. The van der Waals surface area contributed by atoms with E-state index in [-0.39, 0.29) is 16.5 Å². The van der Waals surface area contributed by atoms with Gasteiger partial charge in [0.25, 0.3) is 0 Å². The van der Waals surface area contributed by atoms with Crippen molar-refractivity contribution in [3.8, 4) is 0 Å². The Morgan fingerprint density at radius 3 is 2.50 bits per heavy atom. The van der Waals surface area contributed by atoms with Gasteiger partial charge in [0.1, 0.15) is 0 Å². The standard InChI is InChI=1S/C15H19ClN4O3S/c1-11-14(15(17)18-23-11)24(21,22)20-8-6-19(7-9-20)10-12-4-2-3-5-13(12)16/h2-5H,6-10H2,1H3,(H2,17,18). The van der Waals surface area contributed by atoms with Crippen LogP contribution >= 0.6 is 11.6 Å². The Morgan fingerprint density at radius 2 is 1.92 bits per heavy atom. The van der Waals surface area contributed by atoms with Crippen LogP contribution in [0.3, 0.4) is 0 Å². The van der Waals surface area contributed by atoms with Crippen LogP contribution in [0.5, 0.6) is 0 Å². The lowest BCUT2D eigenvalue weighted by molar-refractivity contribution is 0.181. The molecule has 7 nitrogen and oxygen atoms in total.